The zero-order valence-corrected chi connectivity index (χ0v) is 26.7. The minimum absolute atomic E-state index is 0.0443. The number of likely N-dealkylation sites (tertiary alicyclic amines) is 2. The van der Waals surface area contributed by atoms with E-state index in [1.54, 1.807) is 11.9 Å². The van der Waals surface area contributed by atoms with Crippen LogP contribution in [0.5, 0.6) is 0 Å². The molecule has 1 unspecified atom stereocenters. The highest BCUT2D eigenvalue weighted by molar-refractivity contribution is 5.93. The van der Waals surface area contributed by atoms with Crippen LogP contribution in [-0.4, -0.2) is 83.3 Å². The SMILES string of the molecule is C/C(=C\[C@H](C(C)C)N(C)C(=O)C(NC(=O)[C@H]1CCCCN1C(C)C)C(C)C)C(=O)N1CCC(c2ccccc2)CC1. The predicted molar refractivity (Wildman–Crippen MR) is 166 cm³/mol. The smallest absolute Gasteiger partial charge is 0.249 e. The molecule has 228 valence electrons. The molecule has 3 amide bonds. The number of piperidine rings is 2. The average Bonchev–Trinajstić information content (AvgIpc) is 2.97. The standard InChI is InChI=1S/C34H54N4O3/c1-23(2)30(22-26(7)33(40)37-20-17-28(18-21-37)27-14-10-9-11-15-27)36(8)34(41)31(24(3)4)35-32(39)29-16-12-13-19-38(29)25(5)6/h9-11,14-15,22-25,28-31H,12-13,16-21H2,1-8H3,(H,35,39)/b26-22+/t29-,30-,31?/m1/s1. The van der Waals surface area contributed by atoms with E-state index < -0.39 is 6.04 Å². The molecule has 2 fully saturated rings. The third kappa shape index (κ3) is 8.43. The molecule has 2 heterocycles. The molecule has 3 atom stereocenters. The first-order valence-corrected chi connectivity index (χ1v) is 15.8. The number of rotatable bonds is 10. The number of hydrogen-bond donors (Lipinski definition) is 1. The van der Waals surface area contributed by atoms with E-state index in [0.29, 0.717) is 11.5 Å². The Labute approximate surface area is 248 Å². The van der Waals surface area contributed by atoms with E-state index in [-0.39, 0.29) is 47.7 Å². The van der Waals surface area contributed by atoms with Crippen LogP contribution in [0.25, 0.3) is 0 Å². The lowest BCUT2D eigenvalue weighted by atomic mass is 9.89. The molecule has 0 bridgehead atoms. The minimum atomic E-state index is -0.619. The van der Waals surface area contributed by atoms with Crippen LogP contribution in [0.4, 0.5) is 0 Å². The van der Waals surface area contributed by atoms with Crippen LogP contribution >= 0.6 is 0 Å². The summed E-state index contributed by atoms with van der Waals surface area (Å²) in [5, 5.41) is 3.12. The Morgan fingerprint density at radius 2 is 1.54 bits per heavy atom. The van der Waals surface area contributed by atoms with Gasteiger partial charge in [-0.05, 0) is 76.3 Å². The first kappa shape index (κ1) is 32.8. The quantitative estimate of drug-likeness (QED) is 0.394. The Morgan fingerprint density at radius 1 is 0.902 bits per heavy atom. The van der Waals surface area contributed by atoms with Gasteiger partial charge in [-0.3, -0.25) is 19.3 Å². The molecule has 0 saturated carbocycles. The fraction of sp³-hybridized carbons (Fsp3) is 0.676. The van der Waals surface area contributed by atoms with Crippen molar-refractivity contribution >= 4 is 17.7 Å². The average molecular weight is 567 g/mol. The first-order valence-electron chi connectivity index (χ1n) is 15.8. The number of amides is 3. The summed E-state index contributed by atoms with van der Waals surface area (Å²) in [4.78, 5) is 46.7. The van der Waals surface area contributed by atoms with Crippen molar-refractivity contribution in [3.8, 4) is 0 Å². The molecule has 1 N–H and O–H groups in total. The van der Waals surface area contributed by atoms with Gasteiger partial charge in [-0.2, -0.15) is 0 Å². The number of benzene rings is 1. The maximum absolute atomic E-state index is 13.9. The molecule has 1 aromatic rings. The van der Waals surface area contributed by atoms with Gasteiger partial charge < -0.3 is 15.1 Å². The molecule has 7 nitrogen and oxygen atoms in total. The third-order valence-corrected chi connectivity index (χ3v) is 9.03. The van der Waals surface area contributed by atoms with Crippen molar-refractivity contribution in [2.45, 2.75) is 111 Å². The van der Waals surface area contributed by atoms with Crippen molar-refractivity contribution < 1.29 is 14.4 Å². The van der Waals surface area contributed by atoms with Crippen LogP contribution < -0.4 is 5.32 Å². The van der Waals surface area contributed by atoms with E-state index in [4.69, 9.17) is 0 Å². The first-order chi connectivity index (χ1) is 19.4. The highest BCUT2D eigenvalue weighted by atomic mass is 16.2. The molecule has 41 heavy (non-hydrogen) atoms. The molecule has 0 aromatic heterocycles. The van der Waals surface area contributed by atoms with Gasteiger partial charge in [-0.15, -0.1) is 0 Å². The van der Waals surface area contributed by atoms with Gasteiger partial charge in [0.15, 0.2) is 0 Å². The highest BCUT2D eigenvalue weighted by Crippen LogP contribution is 2.29. The Bertz CT molecular complexity index is 1040. The molecule has 2 aliphatic rings. The second kappa shape index (κ2) is 15.0. The van der Waals surface area contributed by atoms with E-state index in [1.165, 1.54) is 5.56 Å². The van der Waals surface area contributed by atoms with Gasteiger partial charge in [0.05, 0.1) is 12.1 Å². The van der Waals surface area contributed by atoms with E-state index >= 15 is 0 Å². The lowest BCUT2D eigenvalue weighted by molar-refractivity contribution is -0.140. The van der Waals surface area contributed by atoms with Gasteiger partial charge in [0.2, 0.25) is 17.7 Å². The molecular formula is C34H54N4O3. The molecule has 1 aromatic carbocycles. The molecule has 0 spiro atoms. The fourth-order valence-electron chi connectivity index (χ4n) is 6.45. The zero-order valence-electron chi connectivity index (χ0n) is 26.7. The molecule has 0 radical (unpaired) electrons. The molecular weight excluding hydrogens is 512 g/mol. The lowest BCUT2D eigenvalue weighted by Gasteiger charge is -2.39. The van der Waals surface area contributed by atoms with Gasteiger partial charge in [0, 0.05) is 31.8 Å². The number of likely N-dealkylation sites (N-methyl/N-ethyl adjacent to an activating group) is 1. The summed E-state index contributed by atoms with van der Waals surface area (Å²) in [6.07, 6.45) is 6.82. The van der Waals surface area contributed by atoms with Crippen molar-refractivity contribution in [1.29, 1.82) is 0 Å². The summed E-state index contributed by atoms with van der Waals surface area (Å²) in [6, 6.07) is 9.75. The Balaban J connectivity index is 1.68. The second-order valence-corrected chi connectivity index (χ2v) is 13.1. The third-order valence-electron chi connectivity index (χ3n) is 9.03. The van der Waals surface area contributed by atoms with E-state index in [9.17, 15) is 14.4 Å². The Hall–Kier alpha value is -2.67. The Morgan fingerprint density at radius 3 is 2.10 bits per heavy atom. The van der Waals surface area contributed by atoms with E-state index in [2.05, 4.69) is 62.2 Å². The fourth-order valence-corrected chi connectivity index (χ4v) is 6.45. The largest absolute Gasteiger partial charge is 0.343 e. The summed E-state index contributed by atoms with van der Waals surface area (Å²) in [5.74, 6) is 0.410. The van der Waals surface area contributed by atoms with Crippen molar-refractivity contribution in [2.24, 2.45) is 11.8 Å². The van der Waals surface area contributed by atoms with Gasteiger partial charge in [-0.25, -0.2) is 0 Å². The normalized spacial score (nSPS) is 20.8. The molecule has 7 heteroatoms. The van der Waals surface area contributed by atoms with Crippen molar-refractivity contribution in [2.75, 3.05) is 26.7 Å². The summed E-state index contributed by atoms with van der Waals surface area (Å²) < 4.78 is 0. The Kier molecular flexibility index (Phi) is 12.0. The molecule has 2 aliphatic heterocycles. The van der Waals surface area contributed by atoms with Crippen LogP contribution in [0.1, 0.15) is 92.1 Å². The number of nitrogens with one attached hydrogen (secondary N) is 1. The summed E-state index contributed by atoms with van der Waals surface area (Å²) >= 11 is 0. The lowest BCUT2D eigenvalue weighted by Crippen LogP contribution is -2.58. The van der Waals surface area contributed by atoms with Crippen LogP contribution in [0.15, 0.2) is 42.0 Å². The number of carbonyl (C=O) groups is 3. The van der Waals surface area contributed by atoms with E-state index in [0.717, 1.165) is 51.7 Å². The summed E-state index contributed by atoms with van der Waals surface area (Å²) in [7, 11) is 1.80. The van der Waals surface area contributed by atoms with Gasteiger partial charge in [-0.1, -0.05) is 70.5 Å². The van der Waals surface area contributed by atoms with Crippen LogP contribution in [0.3, 0.4) is 0 Å². The van der Waals surface area contributed by atoms with E-state index in [1.807, 2.05) is 37.8 Å². The zero-order chi connectivity index (χ0) is 30.3. The predicted octanol–water partition coefficient (Wildman–Crippen LogP) is 5.23. The number of hydrogen-bond acceptors (Lipinski definition) is 4. The number of carbonyl (C=O) groups excluding carboxylic acids is 3. The number of nitrogens with zero attached hydrogens (tertiary/aromatic N) is 3. The minimum Gasteiger partial charge on any atom is -0.343 e. The van der Waals surface area contributed by atoms with Gasteiger partial charge in [0.25, 0.3) is 0 Å². The molecule has 3 rings (SSSR count). The van der Waals surface area contributed by atoms with Crippen LogP contribution in [0, 0.1) is 11.8 Å². The van der Waals surface area contributed by atoms with Gasteiger partial charge >= 0.3 is 0 Å². The monoisotopic (exact) mass is 566 g/mol. The van der Waals surface area contributed by atoms with Crippen molar-refractivity contribution in [3.05, 3.63) is 47.5 Å². The van der Waals surface area contributed by atoms with Crippen LogP contribution in [0.2, 0.25) is 0 Å². The van der Waals surface area contributed by atoms with Crippen molar-refractivity contribution in [1.82, 2.24) is 20.0 Å². The van der Waals surface area contributed by atoms with Crippen molar-refractivity contribution in [3.63, 3.8) is 0 Å². The summed E-state index contributed by atoms with van der Waals surface area (Å²) in [6.45, 7) is 16.6. The summed E-state index contributed by atoms with van der Waals surface area (Å²) in [5.41, 5.74) is 2.01. The molecule has 0 aliphatic carbocycles. The maximum Gasteiger partial charge on any atom is 0.249 e. The van der Waals surface area contributed by atoms with Crippen LogP contribution in [-0.2, 0) is 14.4 Å². The maximum atomic E-state index is 13.9. The second-order valence-electron chi connectivity index (χ2n) is 13.1. The van der Waals surface area contributed by atoms with Gasteiger partial charge in [0.1, 0.15) is 6.04 Å². The topological polar surface area (TPSA) is 73.0 Å². The highest BCUT2D eigenvalue weighted by Gasteiger charge is 2.36. The molecule has 2 saturated heterocycles.